The number of thiazole rings is 1. The largest absolute Gasteiger partial charge is 0.374 e. The molecule has 2 atom stereocenters. The van der Waals surface area contributed by atoms with Crippen LogP contribution < -0.4 is 5.32 Å². The summed E-state index contributed by atoms with van der Waals surface area (Å²) >= 11 is 1.73. The van der Waals surface area contributed by atoms with Crippen LogP contribution in [0, 0.1) is 0 Å². The van der Waals surface area contributed by atoms with Gasteiger partial charge in [-0.05, 0) is 26.3 Å². The molecule has 0 radical (unpaired) electrons. The molecular formula is C12H20N2OS. The molecule has 2 rings (SSSR count). The Morgan fingerprint density at radius 3 is 3.12 bits per heavy atom. The molecule has 0 bridgehead atoms. The van der Waals surface area contributed by atoms with Gasteiger partial charge in [0.2, 0.25) is 0 Å². The molecule has 16 heavy (non-hydrogen) atoms. The first kappa shape index (κ1) is 12.0. The Hall–Kier alpha value is -0.450. The molecular weight excluding hydrogens is 220 g/mol. The number of likely N-dealkylation sites (N-methyl/N-ethyl adjacent to an activating group) is 1. The zero-order valence-electron chi connectivity index (χ0n) is 10.0. The highest BCUT2D eigenvalue weighted by Gasteiger charge is 2.37. The van der Waals surface area contributed by atoms with E-state index in [1.54, 1.807) is 11.3 Å². The fourth-order valence-corrected chi connectivity index (χ4v) is 3.01. The van der Waals surface area contributed by atoms with Crippen LogP contribution in [0.1, 0.15) is 31.6 Å². The first-order valence-electron chi connectivity index (χ1n) is 5.99. The molecule has 2 unspecified atom stereocenters. The Bertz CT molecular complexity index is 307. The van der Waals surface area contributed by atoms with E-state index in [0.29, 0.717) is 6.04 Å². The minimum atomic E-state index is 0. The van der Waals surface area contributed by atoms with Crippen molar-refractivity contribution in [3.8, 4) is 0 Å². The molecule has 1 N–H and O–H groups in total. The van der Waals surface area contributed by atoms with Crippen molar-refractivity contribution in [2.24, 2.45) is 0 Å². The van der Waals surface area contributed by atoms with Gasteiger partial charge in [0, 0.05) is 30.1 Å². The second-order valence-electron chi connectivity index (χ2n) is 4.55. The molecule has 0 saturated carbocycles. The Labute approximate surface area is 101 Å². The molecule has 90 valence electrons. The maximum atomic E-state index is 5.93. The van der Waals surface area contributed by atoms with Crippen molar-refractivity contribution in [2.75, 3.05) is 13.2 Å². The van der Waals surface area contributed by atoms with Crippen molar-refractivity contribution in [2.45, 2.75) is 44.8 Å². The minimum absolute atomic E-state index is 0. The predicted octanol–water partition coefficient (Wildman–Crippen LogP) is 2.23. The van der Waals surface area contributed by atoms with Crippen molar-refractivity contribution in [1.29, 1.82) is 0 Å². The zero-order valence-corrected chi connectivity index (χ0v) is 10.8. The highest BCUT2D eigenvalue weighted by atomic mass is 32.1. The van der Waals surface area contributed by atoms with E-state index in [-0.39, 0.29) is 5.60 Å². The molecule has 1 aromatic rings. The van der Waals surface area contributed by atoms with Gasteiger partial charge in [0.15, 0.2) is 0 Å². The highest BCUT2D eigenvalue weighted by molar-refractivity contribution is 7.09. The summed E-state index contributed by atoms with van der Waals surface area (Å²) in [5, 5.41) is 3.56. The van der Waals surface area contributed by atoms with Crippen molar-refractivity contribution < 1.29 is 4.74 Å². The normalized spacial score (nSPS) is 27.1. The summed E-state index contributed by atoms with van der Waals surface area (Å²) in [6.45, 7) is 6.27. The van der Waals surface area contributed by atoms with Crippen LogP contribution in [0.2, 0.25) is 0 Å². The topological polar surface area (TPSA) is 34.2 Å². The fourth-order valence-electron chi connectivity index (χ4n) is 2.37. The van der Waals surface area contributed by atoms with Gasteiger partial charge >= 0.3 is 0 Å². The Balaban J connectivity index is 2.04. The Kier molecular flexibility index (Phi) is 3.95. The summed E-state index contributed by atoms with van der Waals surface area (Å²) in [4.78, 5) is 5.47. The van der Waals surface area contributed by atoms with E-state index in [9.17, 15) is 0 Å². The van der Waals surface area contributed by atoms with Crippen LogP contribution in [0.15, 0.2) is 11.7 Å². The van der Waals surface area contributed by atoms with Gasteiger partial charge in [-0.15, -0.1) is 11.3 Å². The SMILES string of the molecule is CCNC(Cc1cncs1)C1(C)CCCO1. The summed E-state index contributed by atoms with van der Waals surface area (Å²) in [6.07, 6.45) is 5.33. The third kappa shape index (κ3) is 2.62. The molecule has 1 aliphatic rings. The van der Waals surface area contributed by atoms with Gasteiger partial charge in [0.05, 0.1) is 11.1 Å². The molecule has 1 saturated heterocycles. The lowest BCUT2D eigenvalue weighted by Gasteiger charge is -2.33. The van der Waals surface area contributed by atoms with E-state index in [2.05, 4.69) is 24.1 Å². The van der Waals surface area contributed by atoms with Gasteiger partial charge in [0.25, 0.3) is 0 Å². The second-order valence-corrected chi connectivity index (χ2v) is 5.52. The molecule has 4 heteroatoms. The van der Waals surface area contributed by atoms with Crippen LogP contribution in [0.5, 0.6) is 0 Å². The summed E-state index contributed by atoms with van der Waals surface area (Å²) < 4.78 is 5.93. The van der Waals surface area contributed by atoms with E-state index in [1.165, 1.54) is 11.3 Å². The van der Waals surface area contributed by atoms with Gasteiger partial charge in [-0.1, -0.05) is 6.92 Å². The molecule has 0 amide bonds. The number of nitrogens with one attached hydrogen (secondary N) is 1. The quantitative estimate of drug-likeness (QED) is 0.857. The summed E-state index contributed by atoms with van der Waals surface area (Å²) in [7, 11) is 0. The molecule has 0 spiro atoms. The number of ether oxygens (including phenoxy) is 1. The first-order valence-corrected chi connectivity index (χ1v) is 6.87. The first-order chi connectivity index (χ1) is 7.74. The van der Waals surface area contributed by atoms with Gasteiger partial charge in [-0.25, -0.2) is 0 Å². The highest BCUT2D eigenvalue weighted by Crippen LogP contribution is 2.30. The molecule has 1 fully saturated rings. The summed E-state index contributed by atoms with van der Waals surface area (Å²) in [5.74, 6) is 0. The van der Waals surface area contributed by atoms with Crippen LogP contribution in [0.4, 0.5) is 0 Å². The fraction of sp³-hybridized carbons (Fsp3) is 0.750. The van der Waals surface area contributed by atoms with Crippen LogP contribution in [-0.4, -0.2) is 29.8 Å². The zero-order chi connectivity index (χ0) is 11.4. The molecule has 1 aliphatic heterocycles. The van der Waals surface area contributed by atoms with Gasteiger partial charge in [0.1, 0.15) is 0 Å². The summed E-state index contributed by atoms with van der Waals surface area (Å²) in [5.41, 5.74) is 1.90. The van der Waals surface area contributed by atoms with Crippen molar-refractivity contribution in [3.05, 3.63) is 16.6 Å². The predicted molar refractivity (Wildman–Crippen MR) is 66.9 cm³/mol. The number of rotatable bonds is 5. The van der Waals surface area contributed by atoms with Gasteiger partial charge < -0.3 is 10.1 Å². The van der Waals surface area contributed by atoms with Crippen LogP contribution in [0.3, 0.4) is 0 Å². The third-order valence-corrected chi connectivity index (χ3v) is 4.13. The van der Waals surface area contributed by atoms with E-state index < -0.39 is 0 Å². The molecule has 0 aliphatic carbocycles. The van der Waals surface area contributed by atoms with Gasteiger partial charge in [-0.2, -0.15) is 0 Å². The molecule has 0 aromatic carbocycles. The molecule has 3 nitrogen and oxygen atoms in total. The smallest absolute Gasteiger partial charge is 0.0811 e. The Morgan fingerprint density at radius 2 is 2.56 bits per heavy atom. The Morgan fingerprint density at radius 1 is 1.69 bits per heavy atom. The number of nitrogens with zero attached hydrogens (tertiary/aromatic N) is 1. The lowest BCUT2D eigenvalue weighted by atomic mass is 9.90. The van der Waals surface area contributed by atoms with Crippen molar-refractivity contribution >= 4 is 11.3 Å². The third-order valence-electron chi connectivity index (χ3n) is 3.33. The number of aromatic nitrogens is 1. The summed E-state index contributed by atoms with van der Waals surface area (Å²) in [6, 6.07) is 0.403. The lowest BCUT2D eigenvalue weighted by Crippen LogP contribution is -2.49. The van der Waals surface area contributed by atoms with E-state index >= 15 is 0 Å². The number of hydrogen-bond acceptors (Lipinski definition) is 4. The van der Waals surface area contributed by atoms with Crippen molar-refractivity contribution in [3.63, 3.8) is 0 Å². The maximum absolute atomic E-state index is 5.93. The standard InChI is InChI=1S/C12H20N2OS/c1-3-14-11(7-10-8-13-9-16-10)12(2)5-4-6-15-12/h8-9,11,14H,3-7H2,1-2H3. The molecule has 2 heterocycles. The van der Waals surface area contributed by atoms with E-state index in [1.807, 2.05) is 11.7 Å². The van der Waals surface area contributed by atoms with E-state index in [0.717, 1.165) is 26.0 Å². The van der Waals surface area contributed by atoms with E-state index in [4.69, 9.17) is 4.74 Å². The van der Waals surface area contributed by atoms with Crippen LogP contribution >= 0.6 is 11.3 Å². The average molecular weight is 240 g/mol. The minimum Gasteiger partial charge on any atom is -0.374 e. The number of hydrogen-bond donors (Lipinski definition) is 1. The monoisotopic (exact) mass is 240 g/mol. The van der Waals surface area contributed by atoms with Gasteiger partial charge in [-0.3, -0.25) is 4.98 Å². The molecule has 1 aromatic heterocycles. The maximum Gasteiger partial charge on any atom is 0.0811 e. The lowest BCUT2D eigenvalue weighted by molar-refractivity contribution is -0.0108. The average Bonchev–Trinajstić information content (AvgIpc) is 2.89. The second kappa shape index (κ2) is 5.25. The van der Waals surface area contributed by atoms with Crippen molar-refractivity contribution in [1.82, 2.24) is 10.3 Å². The van der Waals surface area contributed by atoms with Crippen LogP contribution in [0.25, 0.3) is 0 Å². The van der Waals surface area contributed by atoms with Crippen LogP contribution in [-0.2, 0) is 11.2 Å².